The Labute approximate surface area is 73.6 Å². The molecule has 2 nitrogen and oxygen atoms in total. The number of hydrogen-bond donors (Lipinski definition) is 0. The minimum atomic E-state index is 0.542. The van der Waals surface area contributed by atoms with Crippen LogP contribution in [0.15, 0.2) is 11.1 Å². The fourth-order valence-corrected chi connectivity index (χ4v) is 1.66. The van der Waals surface area contributed by atoms with Crippen LogP contribution < -0.4 is 0 Å². The summed E-state index contributed by atoms with van der Waals surface area (Å²) in [6.07, 6.45) is 3.43. The summed E-state index contributed by atoms with van der Waals surface area (Å²) in [5.74, 6) is 0.555. The van der Waals surface area contributed by atoms with Crippen LogP contribution in [0.2, 0.25) is 0 Å². The van der Waals surface area contributed by atoms with E-state index < -0.39 is 0 Å². The molecule has 0 heterocycles. The van der Waals surface area contributed by atoms with Crippen LogP contribution in [0.1, 0.15) is 33.1 Å². The van der Waals surface area contributed by atoms with Crippen molar-refractivity contribution in [2.45, 2.75) is 33.1 Å². The van der Waals surface area contributed by atoms with E-state index in [-0.39, 0.29) is 0 Å². The van der Waals surface area contributed by atoms with Crippen molar-refractivity contribution < 1.29 is 9.53 Å². The molecule has 1 unspecified atom stereocenters. The lowest BCUT2D eigenvalue weighted by molar-refractivity contribution is -0.130. The minimum absolute atomic E-state index is 0.542. The zero-order chi connectivity index (χ0) is 8.97. The van der Waals surface area contributed by atoms with Gasteiger partial charge in [0.15, 0.2) is 0 Å². The van der Waals surface area contributed by atoms with Gasteiger partial charge in [-0.1, -0.05) is 11.1 Å². The van der Waals surface area contributed by atoms with E-state index in [4.69, 9.17) is 4.74 Å². The molecule has 0 aromatic carbocycles. The largest absolute Gasteiger partial charge is 0.468 e. The maximum Gasteiger partial charge on any atom is 0.293 e. The van der Waals surface area contributed by atoms with Crippen LogP contribution >= 0.6 is 0 Å². The molecule has 0 saturated heterocycles. The predicted molar refractivity (Wildman–Crippen MR) is 47.7 cm³/mol. The summed E-state index contributed by atoms with van der Waals surface area (Å²) in [6.45, 7) is 5.49. The van der Waals surface area contributed by atoms with Gasteiger partial charge in [0.1, 0.15) is 0 Å². The molecule has 0 bridgehead atoms. The fourth-order valence-electron chi connectivity index (χ4n) is 1.66. The highest BCUT2D eigenvalue weighted by Gasteiger charge is 2.16. The first kappa shape index (κ1) is 9.30. The van der Waals surface area contributed by atoms with Crippen LogP contribution in [0.25, 0.3) is 0 Å². The molecule has 1 aliphatic carbocycles. The molecule has 1 aliphatic rings. The van der Waals surface area contributed by atoms with Crippen LogP contribution in [0.3, 0.4) is 0 Å². The highest BCUT2D eigenvalue weighted by Crippen LogP contribution is 2.28. The van der Waals surface area contributed by atoms with Crippen molar-refractivity contribution in [2.75, 3.05) is 6.61 Å². The van der Waals surface area contributed by atoms with E-state index >= 15 is 0 Å². The van der Waals surface area contributed by atoms with Crippen molar-refractivity contribution in [1.29, 1.82) is 0 Å². The van der Waals surface area contributed by atoms with E-state index in [1.807, 2.05) is 0 Å². The second kappa shape index (κ2) is 4.29. The monoisotopic (exact) mass is 168 g/mol. The van der Waals surface area contributed by atoms with Gasteiger partial charge in [-0.3, -0.25) is 4.79 Å². The summed E-state index contributed by atoms with van der Waals surface area (Å²) in [6, 6.07) is 0. The molecule has 0 aliphatic heterocycles. The molecule has 12 heavy (non-hydrogen) atoms. The summed E-state index contributed by atoms with van der Waals surface area (Å²) >= 11 is 0. The zero-order valence-electron chi connectivity index (χ0n) is 7.80. The molecule has 0 fully saturated rings. The van der Waals surface area contributed by atoms with Crippen LogP contribution in [-0.2, 0) is 9.53 Å². The molecule has 68 valence electrons. The molecule has 1 atom stereocenters. The van der Waals surface area contributed by atoms with Gasteiger partial charge in [-0.05, 0) is 39.0 Å². The smallest absolute Gasteiger partial charge is 0.293 e. The third-order valence-corrected chi connectivity index (χ3v) is 2.65. The SMILES string of the molecule is CC1=C(C)CC(COC=O)CC1. The zero-order valence-corrected chi connectivity index (χ0v) is 7.80. The standard InChI is InChI=1S/C10H16O2/c1-8-3-4-10(5-9(8)2)6-12-7-11/h7,10H,3-6H2,1-2H3. The molecule has 0 N–H and O–H groups in total. The first-order valence-electron chi connectivity index (χ1n) is 4.44. The molecule has 1 rings (SSSR count). The topological polar surface area (TPSA) is 26.3 Å². The lowest BCUT2D eigenvalue weighted by Crippen LogP contribution is -2.14. The Morgan fingerprint density at radius 2 is 2.25 bits per heavy atom. The number of allylic oxidation sites excluding steroid dienone is 2. The van der Waals surface area contributed by atoms with Crippen molar-refractivity contribution in [3.05, 3.63) is 11.1 Å². The highest BCUT2D eigenvalue weighted by molar-refractivity contribution is 5.36. The molecular weight excluding hydrogens is 152 g/mol. The fraction of sp³-hybridized carbons (Fsp3) is 0.700. The van der Waals surface area contributed by atoms with Gasteiger partial charge >= 0.3 is 0 Å². The molecular formula is C10H16O2. The Hall–Kier alpha value is -0.790. The predicted octanol–water partition coefficient (Wildman–Crippen LogP) is 2.30. The summed E-state index contributed by atoms with van der Waals surface area (Å²) in [7, 11) is 0. The Morgan fingerprint density at radius 3 is 2.83 bits per heavy atom. The Balaban J connectivity index is 2.38. The van der Waals surface area contributed by atoms with Crippen molar-refractivity contribution >= 4 is 6.47 Å². The number of rotatable bonds is 3. The molecule has 0 aromatic rings. The maximum atomic E-state index is 9.96. The molecule has 0 spiro atoms. The van der Waals surface area contributed by atoms with Crippen molar-refractivity contribution in [3.8, 4) is 0 Å². The first-order valence-corrected chi connectivity index (χ1v) is 4.44. The van der Waals surface area contributed by atoms with E-state index in [1.165, 1.54) is 17.6 Å². The van der Waals surface area contributed by atoms with Crippen molar-refractivity contribution in [3.63, 3.8) is 0 Å². The molecule has 2 heteroatoms. The number of carbonyl (C=O) groups excluding carboxylic acids is 1. The van der Waals surface area contributed by atoms with Gasteiger partial charge in [0.25, 0.3) is 6.47 Å². The first-order chi connectivity index (χ1) is 5.74. The van der Waals surface area contributed by atoms with Crippen LogP contribution in [0.5, 0.6) is 0 Å². The minimum Gasteiger partial charge on any atom is -0.468 e. The van der Waals surface area contributed by atoms with E-state index in [9.17, 15) is 4.79 Å². The molecule has 0 amide bonds. The van der Waals surface area contributed by atoms with E-state index in [0.29, 0.717) is 19.0 Å². The van der Waals surface area contributed by atoms with Gasteiger partial charge in [-0.15, -0.1) is 0 Å². The lowest BCUT2D eigenvalue weighted by Gasteiger charge is -2.23. The van der Waals surface area contributed by atoms with E-state index in [1.54, 1.807) is 0 Å². The number of carbonyl (C=O) groups is 1. The second-order valence-corrected chi connectivity index (χ2v) is 3.60. The second-order valence-electron chi connectivity index (χ2n) is 3.60. The summed E-state index contributed by atoms with van der Waals surface area (Å²) in [4.78, 5) is 9.96. The van der Waals surface area contributed by atoms with Crippen molar-refractivity contribution in [2.24, 2.45) is 5.92 Å². The van der Waals surface area contributed by atoms with Crippen molar-refractivity contribution in [1.82, 2.24) is 0 Å². The third-order valence-electron chi connectivity index (χ3n) is 2.65. The van der Waals surface area contributed by atoms with Gasteiger partial charge in [-0.25, -0.2) is 0 Å². The van der Waals surface area contributed by atoms with E-state index in [0.717, 1.165) is 12.8 Å². The van der Waals surface area contributed by atoms with Crippen LogP contribution in [0, 0.1) is 5.92 Å². The van der Waals surface area contributed by atoms with Crippen LogP contribution in [0.4, 0.5) is 0 Å². The maximum absolute atomic E-state index is 9.96. The highest BCUT2D eigenvalue weighted by atomic mass is 16.5. The molecule has 0 saturated carbocycles. The Morgan fingerprint density at radius 1 is 1.50 bits per heavy atom. The van der Waals surface area contributed by atoms with Gasteiger partial charge < -0.3 is 4.74 Å². The van der Waals surface area contributed by atoms with Crippen LogP contribution in [-0.4, -0.2) is 13.1 Å². The Kier molecular flexibility index (Phi) is 3.32. The molecule has 0 radical (unpaired) electrons. The average Bonchev–Trinajstić information content (AvgIpc) is 2.07. The normalized spacial score (nSPS) is 24.0. The summed E-state index contributed by atoms with van der Waals surface area (Å²) in [5, 5.41) is 0. The summed E-state index contributed by atoms with van der Waals surface area (Å²) < 4.78 is 4.75. The average molecular weight is 168 g/mol. The Bertz CT molecular complexity index is 192. The van der Waals surface area contributed by atoms with E-state index in [2.05, 4.69) is 13.8 Å². The lowest BCUT2D eigenvalue weighted by atomic mass is 9.86. The summed E-state index contributed by atoms with van der Waals surface area (Å²) in [5.41, 5.74) is 2.98. The molecule has 0 aromatic heterocycles. The van der Waals surface area contributed by atoms with Gasteiger partial charge in [0.05, 0.1) is 6.61 Å². The van der Waals surface area contributed by atoms with Gasteiger partial charge in [0.2, 0.25) is 0 Å². The van der Waals surface area contributed by atoms with Gasteiger partial charge in [0, 0.05) is 0 Å². The van der Waals surface area contributed by atoms with Gasteiger partial charge in [-0.2, -0.15) is 0 Å². The number of ether oxygens (including phenoxy) is 1. The quantitative estimate of drug-likeness (QED) is 0.477. The third kappa shape index (κ3) is 2.36. The number of hydrogen-bond acceptors (Lipinski definition) is 2.